The first-order valence-electron chi connectivity index (χ1n) is 8.43. The van der Waals surface area contributed by atoms with Crippen LogP contribution in [0.1, 0.15) is 5.56 Å². The predicted molar refractivity (Wildman–Crippen MR) is 92.2 cm³/mol. The molecular weight excluding hydrogens is 360 g/mol. The highest BCUT2D eigenvalue weighted by Crippen LogP contribution is 2.23. The summed E-state index contributed by atoms with van der Waals surface area (Å²) in [6.07, 6.45) is -5.53. The molecular formula is C18H24O9. The first-order valence-corrected chi connectivity index (χ1v) is 8.43. The van der Waals surface area contributed by atoms with Crippen LogP contribution >= 0.6 is 0 Å². The third kappa shape index (κ3) is 6.08. The maximum Gasteiger partial charge on any atom is 0.330 e. The van der Waals surface area contributed by atoms with Gasteiger partial charge in [0.05, 0.1) is 13.2 Å². The van der Waals surface area contributed by atoms with Gasteiger partial charge in [-0.15, -0.1) is 0 Å². The lowest BCUT2D eigenvalue weighted by Crippen LogP contribution is -2.60. The number of hydrogen-bond acceptors (Lipinski definition) is 9. The Morgan fingerprint density at radius 3 is 2.44 bits per heavy atom. The first kappa shape index (κ1) is 21.5. The molecule has 0 radical (unpaired) electrons. The maximum absolute atomic E-state index is 11.8. The van der Waals surface area contributed by atoms with E-state index < -0.39 is 56.0 Å². The summed E-state index contributed by atoms with van der Waals surface area (Å²) in [5.74, 6) is -0.658. The van der Waals surface area contributed by atoms with Crippen molar-refractivity contribution in [3.05, 3.63) is 42.0 Å². The van der Waals surface area contributed by atoms with Gasteiger partial charge in [0.25, 0.3) is 0 Å². The van der Waals surface area contributed by atoms with E-state index in [0.717, 1.165) is 5.56 Å². The van der Waals surface area contributed by atoms with Crippen LogP contribution in [0.25, 0.3) is 6.08 Å². The van der Waals surface area contributed by atoms with Crippen molar-refractivity contribution >= 4 is 12.0 Å². The molecule has 0 aliphatic carbocycles. The molecule has 0 unspecified atom stereocenters. The van der Waals surface area contributed by atoms with Crippen molar-refractivity contribution in [1.29, 1.82) is 0 Å². The molecule has 1 saturated heterocycles. The molecule has 27 heavy (non-hydrogen) atoms. The monoisotopic (exact) mass is 384 g/mol. The Balaban J connectivity index is 1.85. The summed E-state index contributed by atoms with van der Waals surface area (Å²) in [6, 6.07) is 9.10. The van der Waals surface area contributed by atoms with E-state index in [2.05, 4.69) is 0 Å². The van der Waals surface area contributed by atoms with Gasteiger partial charge in [-0.05, 0) is 11.6 Å². The number of ether oxygens (including phenoxy) is 3. The number of benzene rings is 1. The van der Waals surface area contributed by atoms with Crippen LogP contribution in [0.5, 0.6) is 0 Å². The van der Waals surface area contributed by atoms with Crippen molar-refractivity contribution in [2.24, 2.45) is 0 Å². The van der Waals surface area contributed by atoms with E-state index in [-0.39, 0.29) is 6.61 Å². The molecule has 0 saturated carbocycles. The van der Waals surface area contributed by atoms with E-state index in [1.807, 2.05) is 30.3 Å². The maximum atomic E-state index is 11.8. The van der Waals surface area contributed by atoms with Crippen molar-refractivity contribution in [2.45, 2.75) is 36.8 Å². The highest BCUT2D eigenvalue weighted by molar-refractivity contribution is 5.87. The molecule has 0 aromatic heterocycles. The second-order valence-electron chi connectivity index (χ2n) is 6.01. The van der Waals surface area contributed by atoms with E-state index >= 15 is 0 Å². The van der Waals surface area contributed by atoms with Gasteiger partial charge in [-0.3, -0.25) is 0 Å². The molecule has 0 spiro atoms. The van der Waals surface area contributed by atoms with Crippen LogP contribution in [0, 0.1) is 0 Å². The van der Waals surface area contributed by atoms with Gasteiger partial charge in [0.15, 0.2) is 6.29 Å². The summed E-state index contributed by atoms with van der Waals surface area (Å²) in [4.78, 5) is 11.8. The summed E-state index contributed by atoms with van der Waals surface area (Å²) >= 11 is 0. The topological polar surface area (TPSA) is 146 Å². The molecule has 0 bridgehead atoms. The Hall–Kier alpha value is -1.85. The molecule has 9 nitrogen and oxygen atoms in total. The quantitative estimate of drug-likeness (QED) is 0.265. The molecule has 1 heterocycles. The highest BCUT2D eigenvalue weighted by atomic mass is 16.7. The third-order valence-corrected chi connectivity index (χ3v) is 4.00. The van der Waals surface area contributed by atoms with Crippen LogP contribution in [0.4, 0.5) is 0 Å². The van der Waals surface area contributed by atoms with E-state index in [1.165, 1.54) is 6.08 Å². The fraction of sp³-hybridized carbons (Fsp3) is 0.500. The van der Waals surface area contributed by atoms with Crippen LogP contribution < -0.4 is 0 Å². The molecule has 150 valence electrons. The zero-order chi connectivity index (χ0) is 19.8. The van der Waals surface area contributed by atoms with E-state index in [1.54, 1.807) is 6.08 Å². The van der Waals surface area contributed by atoms with E-state index in [0.29, 0.717) is 0 Å². The molecule has 1 fully saturated rings. The standard InChI is InChI=1S/C18H24O9/c19-8-12(10-25-14(21)7-6-11-4-2-1-3-5-11)26-18-17(24)16(23)15(22)13(9-20)27-18/h1-7,12-13,15-20,22-24H,8-10H2/b7-6+/t12-,13+,15+,16-,17+,18+/m0/s1. The van der Waals surface area contributed by atoms with Gasteiger partial charge < -0.3 is 39.7 Å². The minimum atomic E-state index is -1.61. The van der Waals surface area contributed by atoms with Gasteiger partial charge in [0, 0.05) is 6.08 Å². The zero-order valence-electron chi connectivity index (χ0n) is 14.5. The van der Waals surface area contributed by atoms with Crippen molar-refractivity contribution in [3.8, 4) is 0 Å². The molecule has 0 amide bonds. The molecule has 1 aromatic carbocycles. The highest BCUT2D eigenvalue weighted by Gasteiger charge is 2.44. The lowest BCUT2D eigenvalue weighted by atomic mass is 9.99. The Bertz CT molecular complexity index is 604. The fourth-order valence-electron chi connectivity index (χ4n) is 2.46. The fourth-order valence-corrected chi connectivity index (χ4v) is 2.46. The van der Waals surface area contributed by atoms with Gasteiger partial charge in [0.1, 0.15) is 37.1 Å². The van der Waals surface area contributed by atoms with Crippen LogP contribution in [0.2, 0.25) is 0 Å². The number of hydrogen-bond donors (Lipinski definition) is 5. The lowest BCUT2D eigenvalue weighted by molar-refractivity contribution is -0.315. The zero-order valence-corrected chi connectivity index (χ0v) is 14.5. The van der Waals surface area contributed by atoms with E-state index in [9.17, 15) is 25.2 Å². The normalized spacial score (nSPS) is 29.6. The number of rotatable bonds is 8. The summed E-state index contributed by atoms with van der Waals surface area (Å²) in [5, 5.41) is 47.9. The largest absolute Gasteiger partial charge is 0.460 e. The van der Waals surface area contributed by atoms with Gasteiger partial charge >= 0.3 is 5.97 Å². The van der Waals surface area contributed by atoms with Gasteiger partial charge in [-0.25, -0.2) is 4.79 Å². The van der Waals surface area contributed by atoms with Crippen molar-refractivity contribution in [1.82, 2.24) is 0 Å². The predicted octanol–water partition coefficient (Wildman–Crippen LogP) is -1.58. The summed E-state index contributed by atoms with van der Waals surface area (Å²) in [5.41, 5.74) is 0.811. The molecule has 5 N–H and O–H groups in total. The average Bonchev–Trinajstić information content (AvgIpc) is 2.70. The van der Waals surface area contributed by atoms with Crippen LogP contribution in [0.3, 0.4) is 0 Å². The second kappa shape index (κ2) is 10.5. The molecule has 1 aliphatic heterocycles. The SMILES string of the molecule is O=C(/C=C/c1ccccc1)OC[C@H](CO)O[C@@H]1O[C@H](CO)[C@@H](O)[C@H](O)[C@H]1O. The number of aliphatic hydroxyl groups excluding tert-OH is 5. The van der Waals surface area contributed by atoms with Crippen LogP contribution in [0.15, 0.2) is 36.4 Å². The first-order chi connectivity index (χ1) is 13.0. The number of carbonyl (C=O) groups excluding carboxylic acids is 1. The molecule has 9 heteroatoms. The van der Waals surface area contributed by atoms with Gasteiger partial charge in [-0.2, -0.15) is 0 Å². The van der Waals surface area contributed by atoms with E-state index in [4.69, 9.17) is 19.3 Å². The van der Waals surface area contributed by atoms with Crippen LogP contribution in [-0.2, 0) is 19.0 Å². The smallest absolute Gasteiger partial charge is 0.330 e. The molecule has 2 rings (SSSR count). The lowest BCUT2D eigenvalue weighted by Gasteiger charge is -2.40. The Kier molecular flexibility index (Phi) is 8.32. The van der Waals surface area contributed by atoms with Crippen molar-refractivity contribution in [3.63, 3.8) is 0 Å². The van der Waals surface area contributed by atoms with Gasteiger partial charge in [0.2, 0.25) is 0 Å². The average molecular weight is 384 g/mol. The Morgan fingerprint density at radius 2 is 1.81 bits per heavy atom. The molecule has 1 aromatic rings. The number of carbonyl (C=O) groups is 1. The summed E-state index contributed by atoms with van der Waals surface area (Å²) in [7, 11) is 0. The second-order valence-corrected chi connectivity index (χ2v) is 6.01. The van der Waals surface area contributed by atoms with Crippen molar-refractivity contribution in [2.75, 3.05) is 19.8 Å². The third-order valence-electron chi connectivity index (χ3n) is 4.00. The molecule has 6 atom stereocenters. The van der Waals surface area contributed by atoms with Crippen molar-refractivity contribution < 1.29 is 44.5 Å². The number of esters is 1. The minimum Gasteiger partial charge on any atom is -0.460 e. The van der Waals surface area contributed by atoms with Crippen LogP contribution in [-0.4, -0.2) is 88.1 Å². The minimum absolute atomic E-state index is 0.330. The summed E-state index contributed by atoms with van der Waals surface area (Å²) in [6.45, 7) is -1.48. The summed E-state index contributed by atoms with van der Waals surface area (Å²) < 4.78 is 15.5. The number of aliphatic hydroxyl groups is 5. The Labute approximate surface area is 156 Å². The molecule has 1 aliphatic rings. The Morgan fingerprint density at radius 1 is 1.11 bits per heavy atom. The van der Waals surface area contributed by atoms with Gasteiger partial charge in [-0.1, -0.05) is 30.3 Å².